The summed E-state index contributed by atoms with van der Waals surface area (Å²) in [5, 5.41) is 0. The Labute approximate surface area is 110 Å². The van der Waals surface area contributed by atoms with Gasteiger partial charge < -0.3 is 0 Å². The highest BCUT2D eigenvalue weighted by atomic mass is 19.1. The Hall–Kier alpha value is -1.11. The van der Waals surface area contributed by atoms with Crippen LogP contribution in [-0.4, -0.2) is 0 Å². The lowest BCUT2D eigenvalue weighted by atomic mass is 9.77. The van der Waals surface area contributed by atoms with Crippen LogP contribution in [0.25, 0.3) is 6.08 Å². The van der Waals surface area contributed by atoms with E-state index in [0.29, 0.717) is 6.33 Å². The summed E-state index contributed by atoms with van der Waals surface area (Å²) in [5.74, 6) is 1.68. The second-order valence-electron chi connectivity index (χ2n) is 5.47. The van der Waals surface area contributed by atoms with Crippen LogP contribution in [0.15, 0.2) is 30.6 Å². The van der Waals surface area contributed by atoms with Crippen molar-refractivity contribution in [2.45, 2.75) is 51.4 Å². The quantitative estimate of drug-likeness (QED) is 0.639. The van der Waals surface area contributed by atoms with Gasteiger partial charge in [0.2, 0.25) is 0 Å². The molecule has 18 heavy (non-hydrogen) atoms. The van der Waals surface area contributed by atoms with Crippen LogP contribution in [0.2, 0.25) is 0 Å². The van der Waals surface area contributed by atoms with Crippen LogP contribution in [0.4, 0.5) is 4.39 Å². The van der Waals surface area contributed by atoms with Crippen molar-refractivity contribution in [1.82, 2.24) is 0 Å². The summed E-state index contributed by atoms with van der Waals surface area (Å²) in [6, 6.07) is 8.37. The molecule has 0 spiro atoms. The summed E-state index contributed by atoms with van der Waals surface area (Å²) < 4.78 is 12.1. The van der Waals surface area contributed by atoms with Gasteiger partial charge in [0.15, 0.2) is 0 Å². The van der Waals surface area contributed by atoms with Crippen LogP contribution < -0.4 is 0 Å². The van der Waals surface area contributed by atoms with Gasteiger partial charge in [0.25, 0.3) is 0 Å². The molecule has 0 N–H and O–H groups in total. The van der Waals surface area contributed by atoms with E-state index in [4.69, 9.17) is 0 Å². The van der Waals surface area contributed by atoms with E-state index in [9.17, 15) is 4.39 Å². The molecule has 1 aliphatic carbocycles. The fraction of sp³-hybridized carbons (Fsp3) is 0.529. The van der Waals surface area contributed by atoms with Gasteiger partial charge in [-0.2, -0.15) is 0 Å². The van der Waals surface area contributed by atoms with Crippen molar-refractivity contribution < 1.29 is 4.39 Å². The topological polar surface area (TPSA) is 0 Å². The third kappa shape index (κ3) is 3.44. The second kappa shape index (κ2) is 6.72. The maximum atomic E-state index is 12.1. The molecule has 1 aromatic rings. The van der Waals surface area contributed by atoms with E-state index < -0.39 is 0 Å². The van der Waals surface area contributed by atoms with Gasteiger partial charge in [0, 0.05) is 0 Å². The summed E-state index contributed by atoms with van der Waals surface area (Å²) in [4.78, 5) is 0. The van der Waals surface area contributed by atoms with Crippen molar-refractivity contribution in [3.63, 3.8) is 0 Å². The van der Waals surface area contributed by atoms with E-state index in [1.54, 1.807) is 0 Å². The van der Waals surface area contributed by atoms with E-state index in [-0.39, 0.29) is 0 Å². The largest absolute Gasteiger partial charge is 0.216 e. The summed E-state index contributed by atoms with van der Waals surface area (Å²) in [6.45, 7) is 2.28. The third-order valence-electron chi connectivity index (χ3n) is 4.21. The van der Waals surface area contributed by atoms with Crippen molar-refractivity contribution in [1.29, 1.82) is 0 Å². The molecule has 2 rings (SSSR count). The molecule has 0 nitrogen and oxygen atoms in total. The molecule has 0 aromatic heterocycles. The molecule has 98 valence electrons. The average Bonchev–Trinajstić information content (AvgIpc) is 2.41. The zero-order valence-corrected chi connectivity index (χ0v) is 11.2. The van der Waals surface area contributed by atoms with Crippen LogP contribution in [0, 0.1) is 5.92 Å². The zero-order valence-electron chi connectivity index (χ0n) is 11.2. The lowest BCUT2D eigenvalue weighted by Crippen LogP contribution is -2.13. The average molecular weight is 246 g/mol. The van der Waals surface area contributed by atoms with Crippen molar-refractivity contribution in [2.24, 2.45) is 5.92 Å². The number of rotatable bonds is 4. The summed E-state index contributed by atoms with van der Waals surface area (Å²) in [6.07, 6.45) is 10.2. The minimum Gasteiger partial charge on any atom is -0.216 e. The van der Waals surface area contributed by atoms with Gasteiger partial charge in [0.1, 0.15) is 0 Å². The predicted molar refractivity (Wildman–Crippen MR) is 76.2 cm³/mol. The highest BCUT2D eigenvalue weighted by Crippen LogP contribution is 2.37. The van der Waals surface area contributed by atoms with Gasteiger partial charge in [-0.15, -0.1) is 0 Å². The normalized spacial score (nSPS) is 24.6. The second-order valence-corrected chi connectivity index (χ2v) is 5.47. The number of benzene rings is 1. The fourth-order valence-corrected chi connectivity index (χ4v) is 3.14. The van der Waals surface area contributed by atoms with E-state index in [2.05, 4.69) is 19.1 Å². The van der Waals surface area contributed by atoms with Crippen LogP contribution in [0.1, 0.15) is 62.5 Å². The van der Waals surface area contributed by atoms with Gasteiger partial charge in [0.05, 0.1) is 6.33 Å². The molecule has 1 aliphatic rings. The molecule has 0 bridgehead atoms. The van der Waals surface area contributed by atoms with Crippen LogP contribution in [0.5, 0.6) is 0 Å². The van der Waals surface area contributed by atoms with Crippen molar-refractivity contribution in [3.05, 3.63) is 41.7 Å². The molecule has 0 unspecified atom stereocenters. The van der Waals surface area contributed by atoms with Crippen LogP contribution >= 0.6 is 0 Å². The number of halogens is 1. The Morgan fingerprint density at radius 2 is 1.78 bits per heavy atom. The maximum Gasteiger partial charge on any atom is 0.0872 e. The molecule has 1 saturated carbocycles. The number of hydrogen-bond acceptors (Lipinski definition) is 0. The Bertz CT molecular complexity index is 369. The fourth-order valence-electron chi connectivity index (χ4n) is 3.14. The smallest absolute Gasteiger partial charge is 0.0872 e. The van der Waals surface area contributed by atoms with Gasteiger partial charge in [-0.05, 0) is 54.7 Å². The summed E-state index contributed by atoms with van der Waals surface area (Å²) in [7, 11) is 0. The Morgan fingerprint density at radius 3 is 2.33 bits per heavy atom. The zero-order chi connectivity index (χ0) is 12.8. The first-order valence-corrected chi connectivity index (χ1v) is 7.20. The van der Waals surface area contributed by atoms with Gasteiger partial charge >= 0.3 is 0 Å². The van der Waals surface area contributed by atoms with Crippen molar-refractivity contribution >= 4 is 6.08 Å². The molecule has 0 atom stereocenters. The highest BCUT2D eigenvalue weighted by molar-refractivity contribution is 5.48. The summed E-state index contributed by atoms with van der Waals surface area (Å²) in [5.41, 5.74) is 2.38. The monoisotopic (exact) mass is 246 g/mol. The van der Waals surface area contributed by atoms with Crippen molar-refractivity contribution in [2.75, 3.05) is 0 Å². The molecule has 1 heteroatoms. The van der Waals surface area contributed by atoms with E-state index >= 15 is 0 Å². The predicted octanol–water partition coefficient (Wildman–Crippen LogP) is 5.70. The lowest BCUT2D eigenvalue weighted by molar-refractivity contribution is 0.308. The first-order chi connectivity index (χ1) is 8.83. The molecule has 1 aromatic carbocycles. The Balaban J connectivity index is 1.93. The molecule has 0 radical (unpaired) electrons. The van der Waals surface area contributed by atoms with E-state index in [1.807, 2.05) is 12.1 Å². The minimum absolute atomic E-state index is 0.602. The van der Waals surface area contributed by atoms with Gasteiger partial charge in [-0.3, -0.25) is 0 Å². The van der Waals surface area contributed by atoms with Crippen LogP contribution in [0.3, 0.4) is 0 Å². The van der Waals surface area contributed by atoms with E-state index in [0.717, 1.165) is 17.4 Å². The maximum absolute atomic E-state index is 12.1. The van der Waals surface area contributed by atoms with E-state index in [1.165, 1.54) is 50.2 Å². The van der Waals surface area contributed by atoms with Gasteiger partial charge in [-0.1, -0.05) is 44.0 Å². The molecular weight excluding hydrogens is 223 g/mol. The molecule has 0 aliphatic heterocycles. The Kier molecular flexibility index (Phi) is 4.98. The Morgan fingerprint density at radius 1 is 1.11 bits per heavy atom. The minimum atomic E-state index is 0.602. The highest BCUT2D eigenvalue weighted by Gasteiger charge is 2.21. The van der Waals surface area contributed by atoms with Crippen LogP contribution in [-0.2, 0) is 0 Å². The lowest BCUT2D eigenvalue weighted by Gasteiger charge is -2.28. The molecular formula is C17H23F. The molecule has 0 amide bonds. The SMILES string of the molecule is CCCC1CCC(c2ccc(/C=C/F)cc2)CC1. The van der Waals surface area contributed by atoms with Gasteiger partial charge in [-0.25, -0.2) is 4.39 Å². The third-order valence-corrected chi connectivity index (χ3v) is 4.21. The standard InChI is InChI=1S/C17H23F/c1-2-3-14-4-8-16(9-5-14)17-10-6-15(7-11-17)12-13-18/h6-7,10-14,16H,2-5,8-9H2,1H3/b13-12+. The molecule has 0 saturated heterocycles. The number of hydrogen-bond donors (Lipinski definition) is 0. The van der Waals surface area contributed by atoms with Crippen molar-refractivity contribution in [3.8, 4) is 0 Å². The first kappa shape index (κ1) is 13.3. The molecule has 0 heterocycles. The first-order valence-electron chi connectivity index (χ1n) is 7.20. The summed E-state index contributed by atoms with van der Waals surface area (Å²) >= 11 is 0. The molecule has 1 fully saturated rings.